The van der Waals surface area contributed by atoms with E-state index in [0.717, 1.165) is 7.35 Å². The van der Waals surface area contributed by atoms with E-state index in [1.165, 1.54) is 11.1 Å². The Morgan fingerprint density at radius 2 is 1.03 bits per heavy atom. The SMILES string of the molecule is CC(C)C1=Cc2ccccc2[CH]1[Hf+2]1([CH]2C(C(C)C)=Cc3ccccc32)[CH2][CH2]1.[Cl-].[Cl-]. The molecule has 0 aromatic heterocycles. The fraction of sp³-hybridized carbons (Fsp3) is 0.385. The van der Waals surface area contributed by atoms with Crippen LogP contribution in [0, 0.1) is 11.8 Å². The molecule has 152 valence electrons. The number of hydrogen-bond acceptors (Lipinski definition) is 0. The number of benzene rings is 2. The zero-order chi connectivity index (χ0) is 18.8. The Morgan fingerprint density at radius 3 is 1.38 bits per heavy atom. The van der Waals surface area contributed by atoms with E-state index in [-0.39, 0.29) is 24.8 Å². The predicted molar refractivity (Wildman–Crippen MR) is 114 cm³/mol. The second-order valence-corrected chi connectivity index (χ2v) is 26.1. The standard InChI is InChI=1S/2C12H13.C2H4.2ClH.Hf/c2*1-9(2)12-7-10-5-3-4-6-11(10)8-12;1-2;;;/h2*3-9H,1-2H3;1-2H2;2*1H;/q;;;;;+2/p-2. The Balaban J connectivity index is 0.00000120. The van der Waals surface area contributed by atoms with Gasteiger partial charge in [-0.1, -0.05) is 0 Å². The first-order chi connectivity index (χ1) is 13.0. The molecule has 0 bridgehead atoms. The third-order valence-electron chi connectivity index (χ3n) is 7.24. The van der Waals surface area contributed by atoms with Gasteiger partial charge in [-0.2, -0.15) is 0 Å². The van der Waals surface area contributed by atoms with Crippen molar-refractivity contribution in [2.24, 2.45) is 11.8 Å². The van der Waals surface area contributed by atoms with Gasteiger partial charge in [0.15, 0.2) is 0 Å². The summed E-state index contributed by atoms with van der Waals surface area (Å²) in [5.41, 5.74) is 9.88. The number of fused-ring (bicyclic) bond motifs is 2. The van der Waals surface area contributed by atoms with Crippen LogP contribution in [0.25, 0.3) is 12.2 Å². The minimum absolute atomic E-state index is 0. The van der Waals surface area contributed by atoms with Gasteiger partial charge in [-0.25, -0.2) is 0 Å². The van der Waals surface area contributed by atoms with Crippen molar-refractivity contribution in [1.29, 1.82) is 0 Å². The fourth-order valence-electron chi connectivity index (χ4n) is 5.87. The maximum Gasteiger partial charge on any atom is -1.00 e. The molecule has 0 radical (unpaired) electrons. The summed E-state index contributed by atoms with van der Waals surface area (Å²) in [6.45, 7) is 9.65. The molecule has 29 heavy (non-hydrogen) atoms. The molecule has 0 saturated carbocycles. The van der Waals surface area contributed by atoms with Crippen LogP contribution in [0.3, 0.4) is 0 Å². The van der Waals surface area contributed by atoms with Gasteiger partial charge in [0.05, 0.1) is 0 Å². The second-order valence-electron chi connectivity index (χ2n) is 9.46. The molecule has 2 unspecified atom stereocenters. The maximum absolute atomic E-state index is 2.58. The van der Waals surface area contributed by atoms with Crippen molar-refractivity contribution in [3.63, 3.8) is 0 Å². The van der Waals surface area contributed by atoms with Crippen LogP contribution in [-0.4, -0.2) is 0 Å². The van der Waals surface area contributed by atoms with Crippen LogP contribution >= 0.6 is 0 Å². The monoisotopic (exact) mass is 592 g/mol. The van der Waals surface area contributed by atoms with Gasteiger partial charge in [0.2, 0.25) is 0 Å². The normalized spacial score (nSPS) is 21.9. The van der Waals surface area contributed by atoms with E-state index in [4.69, 9.17) is 0 Å². The van der Waals surface area contributed by atoms with Gasteiger partial charge in [-0.15, -0.1) is 0 Å². The molecule has 2 aromatic rings. The Morgan fingerprint density at radius 1 is 0.655 bits per heavy atom. The molecule has 0 nitrogen and oxygen atoms in total. The molecule has 3 heteroatoms. The van der Waals surface area contributed by atoms with Gasteiger partial charge in [0.25, 0.3) is 0 Å². The number of allylic oxidation sites excluding steroid dienone is 2. The Labute approximate surface area is 193 Å². The minimum Gasteiger partial charge on any atom is -1.00 e. The van der Waals surface area contributed by atoms with Gasteiger partial charge in [-0.3, -0.25) is 0 Å². The Hall–Kier alpha value is -0.630. The van der Waals surface area contributed by atoms with Crippen molar-refractivity contribution in [1.82, 2.24) is 0 Å². The van der Waals surface area contributed by atoms with Crippen molar-refractivity contribution in [3.05, 3.63) is 81.9 Å². The Kier molecular flexibility index (Phi) is 6.74. The molecule has 1 saturated heterocycles. The molecule has 0 amide bonds. The summed E-state index contributed by atoms with van der Waals surface area (Å²) in [5.74, 6) is 1.31. The second kappa shape index (κ2) is 8.48. The topological polar surface area (TPSA) is 0 Å². The van der Waals surface area contributed by atoms with Crippen molar-refractivity contribution in [2.75, 3.05) is 0 Å². The van der Waals surface area contributed by atoms with Gasteiger partial charge < -0.3 is 24.8 Å². The Bertz CT molecular complexity index is 891. The largest absolute Gasteiger partial charge is 1.00 e. The van der Waals surface area contributed by atoms with E-state index in [0.29, 0.717) is 11.8 Å². The summed E-state index contributed by atoms with van der Waals surface area (Å²) < 4.78 is 4.73. The first kappa shape index (κ1) is 23.0. The van der Waals surface area contributed by atoms with E-state index in [1.807, 2.05) is 0 Å². The fourth-order valence-corrected chi connectivity index (χ4v) is 34.8. The molecule has 1 fully saturated rings. The van der Waals surface area contributed by atoms with Gasteiger partial charge in [0, 0.05) is 0 Å². The van der Waals surface area contributed by atoms with Crippen molar-refractivity contribution < 1.29 is 44.8 Å². The molecular weight excluding hydrogens is 562 g/mol. The van der Waals surface area contributed by atoms with E-state index >= 15 is 0 Å². The number of rotatable bonds is 4. The van der Waals surface area contributed by atoms with E-state index in [1.54, 1.807) is 30.6 Å². The average molecular weight is 592 g/mol. The molecule has 3 aliphatic rings. The summed E-state index contributed by atoms with van der Waals surface area (Å²) in [5, 5.41) is 0. The van der Waals surface area contributed by atoms with E-state index < -0.39 is 20.0 Å². The van der Waals surface area contributed by atoms with E-state index in [2.05, 4.69) is 88.4 Å². The van der Waals surface area contributed by atoms with Crippen LogP contribution in [0.1, 0.15) is 57.3 Å². The van der Waals surface area contributed by atoms with Crippen LogP contribution in [0.5, 0.6) is 0 Å². The number of hydrogen-bond donors (Lipinski definition) is 0. The molecule has 5 rings (SSSR count). The minimum atomic E-state index is -2.58. The predicted octanol–water partition coefficient (Wildman–Crippen LogP) is 1.59. The quantitative estimate of drug-likeness (QED) is 0.474. The third-order valence-corrected chi connectivity index (χ3v) is 26.1. The summed E-state index contributed by atoms with van der Waals surface area (Å²) in [7, 11) is 0. The van der Waals surface area contributed by atoms with Crippen LogP contribution in [0.15, 0.2) is 59.7 Å². The van der Waals surface area contributed by atoms with Gasteiger partial charge in [0.1, 0.15) is 0 Å². The number of halogens is 2. The first-order valence-corrected chi connectivity index (χ1v) is 19.9. The summed E-state index contributed by atoms with van der Waals surface area (Å²) in [6.07, 6.45) is 5.12. The molecule has 1 heterocycles. The molecule has 0 spiro atoms. The van der Waals surface area contributed by atoms with Crippen LogP contribution in [-0.2, 0) is 20.0 Å². The average Bonchev–Trinajstić information content (AvgIpc) is 3.18. The third kappa shape index (κ3) is 3.56. The first-order valence-electron chi connectivity index (χ1n) is 10.6. The molecule has 1 aliphatic heterocycles. The van der Waals surface area contributed by atoms with E-state index in [9.17, 15) is 0 Å². The van der Waals surface area contributed by atoms with Crippen LogP contribution in [0.2, 0.25) is 8.35 Å². The van der Waals surface area contributed by atoms with Crippen molar-refractivity contribution in [3.8, 4) is 0 Å². The molecular formula is C26H30Cl2Hf. The van der Waals surface area contributed by atoms with Crippen molar-refractivity contribution >= 4 is 12.2 Å². The van der Waals surface area contributed by atoms with Gasteiger partial charge in [-0.05, 0) is 0 Å². The zero-order valence-electron chi connectivity index (χ0n) is 17.8. The molecule has 2 aliphatic carbocycles. The molecule has 2 aromatic carbocycles. The maximum atomic E-state index is 2.56. The van der Waals surface area contributed by atoms with Crippen LogP contribution in [0.4, 0.5) is 0 Å². The van der Waals surface area contributed by atoms with Crippen molar-refractivity contribution in [2.45, 2.75) is 43.4 Å². The smallest absolute Gasteiger partial charge is 1.00 e. The summed E-state index contributed by atoms with van der Waals surface area (Å²) >= 11 is -2.58. The summed E-state index contributed by atoms with van der Waals surface area (Å²) in [4.78, 5) is 0. The van der Waals surface area contributed by atoms with Gasteiger partial charge >= 0.3 is 169 Å². The van der Waals surface area contributed by atoms with Crippen LogP contribution < -0.4 is 24.8 Å². The molecule has 0 N–H and O–H groups in total. The zero-order valence-corrected chi connectivity index (χ0v) is 22.9. The summed E-state index contributed by atoms with van der Waals surface area (Å²) in [6, 6.07) is 18.6. The molecule has 2 atom stereocenters.